The van der Waals surface area contributed by atoms with Gasteiger partial charge in [-0.15, -0.1) is 0 Å². The number of hydrogen-bond acceptors (Lipinski definition) is 4. The monoisotopic (exact) mass is 414 g/mol. The Balaban J connectivity index is 1.66. The number of nitrogens with one attached hydrogen (secondary N) is 2. The highest BCUT2D eigenvalue weighted by atomic mass is 79.9. The first-order valence-corrected chi connectivity index (χ1v) is 9.16. The molecule has 0 aliphatic carbocycles. The van der Waals surface area contributed by atoms with Crippen molar-refractivity contribution in [3.8, 4) is 11.4 Å². The smallest absolute Gasteiger partial charge is 0.319 e. The number of anilines is 1. The van der Waals surface area contributed by atoms with Gasteiger partial charge < -0.3 is 15.2 Å². The molecule has 26 heavy (non-hydrogen) atoms. The Morgan fingerprint density at radius 2 is 1.92 bits per heavy atom. The Morgan fingerprint density at radius 3 is 2.65 bits per heavy atom. The normalized spacial score (nSPS) is 10.5. The highest BCUT2D eigenvalue weighted by molar-refractivity contribution is 9.10. The van der Waals surface area contributed by atoms with Crippen LogP contribution in [0.5, 0.6) is 0 Å². The molecule has 0 radical (unpaired) electrons. The Bertz CT molecular complexity index is 877. The Labute approximate surface area is 160 Å². The van der Waals surface area contributed by atoms with E-state index in [-0.39, 0.29) is 6.03 Å². The highest BCUT2D eigenvalue weighted by Gasteiger charge is 2.11. The highest BCUT2D eigenvalue weighted by Crippen LogP contribution is 2.22. The van der Waals surface area contributed by atoms with E-state index < -0.39 is 0 Å². The van der Waals surface area contributed by atoms with Crippen LogP contribution < -0.4 is 10.6 Å². The molecule has 6 nitrogen and oxygen atoms in total. The molecule has 0 saturated heterocycles. The maximum absolute atomic E-state index is 11.7. The lowest BCUT2D eigenvalue weighted by molar-refractivity contribution is 0.252. The molecule has 0 aliphatic heterocycles. The summed E-state index contributed by atoms with van der Waals surface area (Å²) in [6.45, 7) is 2.65. The minimum Gasteiger partial charge on any atom is -0.339 e. The summed E-state index contributed by atoms with van der Waals surface area (Å²) in [6, 6.07) is 15.0. The summed E-state index contributed by atoms with van der Waals surface area (Å²) in [6.07, 6.45) is 1.46. The number of amides is 2. The number of carbonyl (C=O) groups is 1. The fourth-order valence-corrected chi connectivity index (χ4v) is 2.79. The van der Waals surface area contributed by atoms with Crippen LogP contribution in [-0.4, -0.2) is 22.7 Å². The summed E-state index contributed by atoms with van der Waals surface area (Å²) >= 11 is 3.52. The van der Waals surface area contributed by atoms with Gasteiger partial charge in [-0.3, -0.25) is 0 Å². The SMILES string of the molecule is CCCNC(=O)Nc1ccc(-c2noc(Cc3ccccc3Br)n2)cc1. The number of aromatic nitrogens is 2. The molecule has 3 rings (SSSR count). The lowest BCUT2D eigenvalue weighted by Crippen LogP contribution is -2.29. The summed E-state index contributed by atoms with van der Waals surface area (Å²) in [5, 5.41) is 9.59. The van der Waals surface area contributed by atoms with Gasteiger partial charge in [0, 0.05) is 22.3 Å². The van der Waals surface area contributed by atoms with Gasteiger partial charge >= 0.3 is 6.03 Å². The molecule has 0 bridgehead atoms. The number of nitrogens with zero attached hydrogens (tertiary/aromatic N) is 2. The van der Waals surface area contributed by atoms with E-state index in [1.165, 1.54) is 0 Å². The van der Waals surface area contributed by atoms with Crippen molar-refractivity contribution in [2.75, 3.05) is 11.9 Å². The first-order chi connectivity index (χ1) is 12.7. The van der Waals surface area contributed by atoms with Gasteiger partial charge in [-0.2, -0.15) is 4.98 Å². The second-order valence-corrected chi connectivity index (χ2v) is 6.59. The Kier molecular flexibility index (Phi) is 6.01. The zero-order chi connectivity index (χ0) is 18.4. The van der Waals surface area contributed by atoms with Crippen molar-refractivity contribution in [2.45, 2.75) is 19.8 Å². The lowest BCUT2D eigenvalue weighted by Gasteiger charge is -2.06. The molecule has 0 spiro atoms. The number of halogens is 1. The quantitative estimate of drug-likeness (QED) is 0.616. The van der Waals surface area contributed by atoms with Crippen LogP contribution >= 0.6 is 15.9 Å². The van der Waals surface area contributed by atoms with E-state index in [9.17, 15) is 4.79 Å². The predicted molar refractivity (Wildman–Crippen MR) is 104 cm³/mol. The third-order valence-electron chi connectivity index (χ3n) is 3.70. The van der Waals surface area contributed by atoms with E-state index in [1.807, 2.05) is 55.5 Å². The van der Waals surface area contributed by atoms with Crippen molar-refractivity contribution in [1.29, 1.82) is 0 Å². The van der Waals surface area contributed by atoms with Gasteiger partial charge in [0.2, 0.25) is 11.7 Å². The number of benzene rings is 2. The summed E-state index contributed by atoms with van der Waals surface area (Å²) in [5.41, 5.74) is 2.62. The van der Waals surface area contributed by atoms with Crippen molar-refractivity contribution >= 4 is 27.6 Å². The van der Waals surface area contributed by atoms with E-state index >= 15 is 0 Å². The van der Waals surface area contributed by atoms with E-state index in [0.717, 1.165) is 22.0 Å². The minimum absolute atomic E-state index is 0.213. The molecule has 1 heterocycles. The van der Waals surface area contributed by atoms with E-state index in [2.05, 4.69) is 36.7 Å². The first kappa shape index (κ1) is 18.1. The van der Waals surface area contributed by atoms with Crippen LogP contribution in [0.1, 0.15) is 24.8 Å². The topological polar surface area (TPSA) is 80.0 Å². The van der Waals surface area contributed by atoms with Crippen LogP contribution in [0.3, 0.4) is 0 Å². The van der Waals surface area contributed by atoms with Crippen molar-refractivity contribution in [3.05, 3.63) is 64.5 Å². The maximum atomic E-state index is 11.7. The zero-order valence-electron chi connectivity index (χ0n) is 14.3. The van der Waals surface area contributed by atoms with E-state index in [0.29, 0.717) is 30.4 Å². The van der Waals surface area contributed by atoms with Gasteiger partial charge in [0.15, 0.2) is 0 Å². The molecule has 7 heteroatoms. The first-order valence-electron chi connectivity index (χ1n) is 8.37. The average molecular weight is 415 g/mol. The zero-order valence-corrected chi connectivity index (χ0v) is 15.9. The van der Waals surface area contributed by atoms with Gasteiger partial charge in [0.05, 0.1) is 6.42 Å². The van der Waals surface area contributed by atoms with Crippen molar-refractivity contribution in [3.63, 3.8) is 0 Å². The Hall–Kier alpha value is -2.67. The molecule has 2 N–H and O–H groups in total. The second kappa shape index (κ2) is 8.62. The molecule has 3 aromatic rings. The number of hydrogen-bond donors (Lipinski definition) is 2. The standard InChI is InChI=1S/C19H19BrN4O2/c1-2-11-21-19(25)22-15-9-7-13(8-10-15)18-23-17(26-24-18)12-14-5-3-4-6-16(14)20/h3-10H,2,11-12H2,1H3,(H2,21,22,25). The molecule has 2 aromatic carbocycles. The van der Waals surface area contributed by atoms with Gasteiger partial charge in [-0.25, -0.2) is 4.79 Å². The fraction of sp³-hybridized carbons (Fsp3) is 0.211. The van der Waals surface area contributed by atoms with Crippen molar-refractivity contribution in [1.82, 2.24) is 15.5 Å². The largest absolute Gasteiger partial charge is 0.339 e. The average Bonchev–Trinajstić information content (AvgIpc) is 3.11. The Morgan fingerprint density at radius 1 is 1.15 bits per heavy atom. The predicted octanol–water partition coefficient (Wildman–Crippen LogP) is 4.62. The molecule has 0 atom stereocenters. The maximum Gasteiger partial charge on any atom is 0.319 e. The van der Waals surface area contributed by atoms with E-state index in [1.54, 1.807) is 0 Å². The molecule has 0 fully saturated rings. The third kappa shape index (κ3) is 4.70. The van der Waals surface area contributed by atoms with Gasteiger partial charge in [-0.05, 0) is 42.3 Å². The summed E-state index contributed by atoms with van der Waals surface area (Å²) in [7, 11) is 0. The molecule has 0 aliphatic rings. The van der Waals surface area contributed by atoms with Crippen LogP contribution in [-0.2, 0) is 6.42 Å². The lowest BCUT2D eigenvalue weighted by atomic mass is 10.1. The molecular weight excluding hydrogens is 396 g/mol. The summed E-state index contributed by atoms with van der Waals surface area (Å²) in [4.78, 5) is 16.1. The molecule has 0 saturated carbocycles. The molecular formula is C19H19BrN4O2. The third-order valence-corrected chi connectivity index (χ3v) is 4.48. The number of urea groups is 1. The van der Waals surface area contributed by atoms with Crippen molar-refractivity contribution < 1.29 is 9.32 Å². The van der Waals surface area contributed by atoms with Crippen LogP contribution in [0.25, 0.3) is 11.4 Å². The molecule has 0 unspecified atom stereocenters. The molecule has 1 aromatic heterocycles. The number of carbonyl (C=O) groups excluding carboxylic acids is 1. The van der Waals surface area contributed by atoms with Crippen LogP contribution in [0.2, 0.25) is 0 Å². The van der Waals surface area contributed by atoms with Crippen LogP contribution in [0.15, 0.2) is 57.5 Å². The van der Waals surface area contributed by atoms with Crippen LogP contribution in [0.4, 0.5) is 10.5 Å². The summed E-state index contributed by atoms with van der Waals surface area (Å²) in [5.74, 6) is 1.07. The van der Waals surface area contributed by atoms with Gasteiger partial charge in [0.1, 0.15) is 0 Å². The molecule has 2 amide bonds. The van der Waals surface area contributed by atoms with Gasteiger partial charge in [-0.1, -0.05) is 46.2 Å². The van der Waals surface area contributed by atoms with Crippen molar-refractivity contribution in [2.24, 2.45) is 0 Å². The van der Waals surface area contributed by atoms with E-state index in [4.69, 9.17) is 4.52 Å². The van der Waals surface area contributed by atoms with Crippen LogP contribution in [0, 0.1) is 0 Å². The molecule has 134 valence electrons. The second-order valence-electron chi connectivity index (χ2n) is 5.74. The summed E-state index contributed by atoms with van der Waals surface area (Å²) < 4.78 is 6.37. The fourth-order valence-electron chi connectivity index (χ4n) is 2.37. The number of rotatable bonds is 6. The minimum atomic E-state index is -0.213. The van der Waals surface area contributed by atoms with Gasteiger partial charge in [0.25, 0.3) is 0 Å².